The largest absolute Gasteiger partial charge is 0.495 e. The zero-order valence-corrected chi connectivity index (χ0v) is 13.6. The normalized spacial score (nSPS) is 16.0. The van der Waals surface area contributed by atoms with Crippen LogP contribution in [0.5, 0.6) is 5.75 Å². The fourth-order valence-corrected chi connectivity index (χ4v) is 2.36. The van der Waals surface area contributed by atoms with Gasteiger partial charge in [-0.3, -0.25) is 5.32 Å². The van der Waals surface area contributed by atoms with Gasteiger partial charge in [0.05, 0.1) is 19.4 Å². The van der Waals surface area contributed by atoms with Crippen molar-refractivity contribution in [3.05, 3.63) is 23.8 Å². The molecule has 2 rings (SSSR count). The van der Waals surface area contributed by atoms with Gasteiger partial charge in [-0.25, -0.2) is 10.7 Å². The predicted molar refractivity (Wildman–Crippen MR) is 83.9 cm³/mol. The van der Waals surface area contributed by atoms with Gasteiger partial charge in [-0.15, -0.1) is 0 Å². The summed E-state index contributed by atoms with van der Waals surface area (Å²) in [5.74, 6) is 5.80. The van der Waals surface area contributed by atoms with Gasteiger partial charge in [0.25, 0.3) is 0 Å². The van der Waals surface area contributed by atoms with Crippen molar-refractivity contribution in [2.75, 3.05) is 19.0 Å². The Balaban J connectivity index is 2.15. The van der Waals surface area contributed by atoms with Crippen LogP contribution in [0.15, 0.2) is 18.2 Å². The lowest BCUT2D eigenvalue weighted by molar-refractivity contribution is 0.0635. The number of nitrogens with two attached hydrogens (primary N) is 1. The average molecular weight is 308 g/mol. The van der Waals surface area contributed by atoms with E-state index in [1.54, 1.807) is 7.11 Å². The van der Waals surface area contributed by atoms with Crippen molar-refractivity contribution in [3.63, 3.8) is 0 Å². The maximum atomic E-state index is 11.9. The Morgan fingerprint density at radius 1 is 1.36 bits per heavy atom. The Morgan fingerprint density at radius 2 is 2.05 bits per heavy atom. The smallest absolute Gasteiger partial charge is 0.412 e. The highest BCUT2D eigenvalue weighted by molar-refractivity contribution is 5.87. The summed E-state index contributed by atoms with van der Waals surface area (Å²) in [5.41, 5.74) is 1.11. The maximum absolute atomic E-state index is 11.9. The van der Waals surface area contributed by atoms with Crippen molar-refractivity contribution in [2.45, 2.75) is 44.6 Å². The van der Waals surface area contributed by atoms with Crippen LogP contribution in [0.4, 0.5) is 10.5 Å². The molecule has 22 heavy (non-hydrogen) atoms. The quantitative estimate of drug-likeness (QED) is 0.817. The highest BCUT2D eigenvalue weighted by Gasteiger charge is 2.45. The van der Waals surface area contributed by atoms with Crippen LogP contribution in [0.1, 0.15) is 39.2 Å². The van der Waals surface area contributed by atoms with Gasteiger partial charge >= 0.3 is 6.09 Å². The number of benzene rings is 1. The van der Waals surface area contributed by atoms with E-state index >= 15 is 0 Å². The Kier molecular flexibility index (Phi) is 4.63. The molecular weight excluding hydrogens is 284 g/mol. The number of nitrogens with one attached hydrogen (secondary N) is 1. The maximum Gasteiger partial charge on any atom is 0.412 e. The van der Waals surface area contributed by atoms with E-state index in [9.17, 15) is 4.79 Å². The summed E-state index contributed by atoms with van der Waals surface area (Å²) in [6.07, 6.45) is 1.56. The first-order valence-corrected chi connectivity index (χ1v) is 7.30. The molecule has 0 heterocycles. The second-order valence-electron chi connectivity index (χ2n) is 6.63. The summed E-state index contributed by atoms with van der Waals surface area (Å²) in [6, 6.07) is 5.69. The molecule has 1 amide bonds. The van der Waals surface area contributed by atoms with Crippen molar-refractivity contribution >= 4 is 11.8 Å². The zero-order valence-electron chi connectivity index (χ0n) is 13.6. The molecule has 1 aromatic carbocycles. The summed E-state index contributed by atoms with van der Waals surface area (Å²) in [6.45, 7) is 5.93. The molecule has 1 saturated carbocycles. The topological polar surface area (TPSA) is 82.8 Å². The minimum atomic E-state index is -0.548. The Hall–Kier alpha value is -1.79. The van der Waals surface area contributed by atoms with Crippen LogP contribution in [-0.2, 0) is 15.0 Å². The van der Waals surface area contributed by atoms with E-state index in [2.05, 4.69) is 5.32 Å². The van der Waals surface area contributed by atoms with Crippen molar-refractivity contribution in [3.8, 4) is 5.75 Å². The lowest BCUT2D eigenvalue weighted by Gasteiger charge is -2.21. The first kappa shape index (κ1) is 16.6. The number of rotatable bonds is 5. The van der Waals surface area contributed by atoms with Crippen LogP contribution in [-0.4, -0.2) is 25.4 Å². The summed E-state index contributed by atoms with van der Waals surface area (Å²) in [5, 5.41) is 2.71. The highest BCUT2D eigenvalue weighted by Crippen LogP contribution is 2.49. The van der Waals surface area contributed by atoms with Crippen LogP contribution < -0.4 is 16.0 Å². The molecule has 122 valence electrons. The first-order chi connectivity index (χ1) is 10.3. The van der Waals surface area contributed by atoms with E-state index in [-0.39, 0.29) is 5.41 Å². The Morgan fingerprint density at radius 3 is 2.55 bits per heavy atom. The van der Waals surface area contributed by atoms with Gasteiger partial charge in [0.1, 0.15) is 11.4 Å². The number of methoxy groups -OCH3 is 1. The number of hydrogen-bond acceptors (Lipinski definition) is 5. The number of carbonyl (C=O) groups is 1. The van der Waals surface area contributed by atoms with Gasteiger partial charge in [-0.05, 0) is 51.3 Å². The molecule has 0 spiro atoms. The molecule has 1 aliphatic carbocycles. The fraction of sp³-hybridized carbons (Fsp3) is 0.562. The monoisotopic (exact) mass is 308 g/mol. The summed E-state index contributed by atoms with van der Waals surface area (Å²) in [4.78, 5) is 16.7. The van der Waals surface area contributed by atoms with Crippen molar-refractivity contribution in [1.82, 2.24) is 0 Å². The predicted octanol–water partition coefficient (Wildman–Crippen LogP) is 2.96. The average Bonchev–Trinajstić information content (AvgIpc) is 3.18. The second kappa shape index (κ2) is 6.14. The molecule has 1 aliphatic rings. The molecule has 0 unspecified atom stereocenters. The van der Waals surface area contributed by atoms with Crippen molar-refractivity contribution < 1.29 is 19.1 Å². The molecule has 0 aliphatic heterocycles. The third-order valence-electron chi connectivity index (χ3n) is 3.66. The molecule has 1 aromatic rings. The van der Waals surface area contributed by atoms with E-state index in [0.717, 1.165) is 18.4 Å². The molecule has 3 N–H and O–H groups in total. The third-order valence-corrected chi connectivity index (χ3v) is 3.66. The first-order valence-electron chi connectivity index (χ1n) is 7.30. The highest BCUT2D eigenvalue weighted by atomic mass is 16.6. The minimum absolute atomic E-state index is 0.0214. The lowest BCUT2D eigenvalue weighted by atomic mass is 9.96. The zero-order chi connectivity index (χ0) is 16.4. The van der Waals surface area contributed by atoms with Gasteiger partial charge in [-0.1, -0.05) is 6.07 Å². The minimum Gasteiger partial charge on any atom is -0.495 e. The standard InChI is InChI=1S/C16H24N2O4/c1-15(2,3)22-14(19)18-12-6-5-11(9-13(12)20-4)16(7-8-16)10-21-17/h5-6,9H,7-8,10,17H2,1-4H3,(H,18,19). The third kappa shape index (κ3) is 3.90. The van der Waals surface area contributed by atoms with E-state index in [1.165, 1.54) is 0 Å². The van der Waals surface area contributed by atoms with Gasteiger partial charge < -0.3 is 14.3 Å². The van der Waals surface area contributed by atoms with E-state index in [1.807, 2.05) is 39.0 Å². The molecular formula is C16H24N2O4. The van der Waals surface area contributed by atoms with Crippen molar-refractivity contribution in [1.29, 1.82) is 0 Å². The Labute approximate surface area is 130 Å². The van der Waals surface area contributed by atoms with Crippen LogP contribution in [0.2, 0.25) is 0 Å². The van der Waals surface area contributed by atoms with Crippen LogP contribution in [0, 0.1) is 0 Å². The molecule has 0 saturated heterocycles. The van der Waals surface area contributed by atoms with Gasteiger partial charge in [0.15, 0.2) is 0 Å². The van der Waals surface area contributed by atoms with Crippen LogP contribution >= 0.6 is 0 Å². The molecule has 6 heteroatoms. The van der Waals surface area contributed by atoms with Crippen LogP contribution in [0.3, 0.4) is 0 Å². The number of carbonyl (C=O) groups excluding carboxylic acids is 1. The molecule has 0 atom stereocenters. The van der Waals surface area contributed by atoms with E-state index < -0.39 is 11.7 Å². The summed E-state index contributed by atoms with van der Waals surface area (Å²) < 4.78 is 10.6. The van der Waals surface area contributed by atoms with Crippen LogP contribution in [0.25, 0.3) is 0 Å². The van der Waals surface area contributed by atoms with Crippen molar-refractivity contribution in [2.24, 2.45) is 5.90 Å². The number of hydrogen-bond donors (Lipinski definition) is 2. The van der Waals surface area contributed by atoms with Gasteiger partial charge in [-0.2, -0.15) is 0 Å². The number of ether oxygens (including phenoxy) is 2. The number of anilines is 1. The SMILES string of the molecule is COc1cc(C2(CON)CC2)ccc1NC(=O)OC(C)(C)C. The van der Waals surface area contributed by atoms with E-state index in [0.29, 0.717) is 18.0 Å². The summed E-state index contributed by atoms with van der Waals surface area (Å²) >= 11 is 0. The summed E-state index contributed by atoms with van der Waals surface area (Å²) in [7, 11) is 1.57. The Bertz CT molecular complexity index is 548. The molecule has 1 fully saturated rings. The lowest BCUT2D eigenvalue weighted by Crippen LogP contribution is -2.27. The molecule has 0 radical (unpaired) electrons. The number of amides is 1. The molecule has 0 aromatic heterocycles. The molecule has 0 bridgehead atoms. The molecule has 6 nitrogen and oxygen atoms in total. The van der Waals surface area contributed by atoms with Gasteiger partial charge in [0.2, 0.25) is 0 Å². The fourth-order valence-electron chi connectivity index (χ4n) is 2.36. The van der Waals surface area contributed by atoms with E-state index in [4.69, 9.17) is 20.2 Å². The second-order valence-corrected chi connectivity index (χ2v) is 6.63. The van der Waals surface area contributed by atoms with Gasteiger partial charge in [0, 0.05) is 5.41 Å².